The number of carbonyl (C=O) groups is 2. The number of ether oxygens (including phenoxy) is 2. The minimum absolute atomic E-state index is 0.0430. The minimum Gasteiger partial charge on any atom is -0.462 e. The van der Waals surface area contributed by atoms with Crippen molar-refractivity contribution in [3.63, 3.8) is 0 Å². The Kier molecular flexibility index (Phi) is 7.28. The van der Waals surface area contributed by atoms with Crippen molar-refractivity contribution in [2.24, 2.45) is 0 Å². The van der Waals surface area contributed by atoms with Gasteiger partial charge in [-0.25, -0.2) is 9.59 Å². The van der Waals surface area contributed by atoms with E-state index in [0.29, 0.717) is 5.39 Å². The normalized spacial score (nSPS) is 19.1. The van der Waals surface area contributed by atoms with Gasteiger partial charge in [0, 0.05) is 27.2 Å². The lowest BCUT2D eigenvalue weighted by atomic mass is 9.90. The number of esters is 1. The summed E-state index contributed by atoms with van der Waals surface area (Å²) in [4.78, 5) is 37.4. The summed E-state index contributed by atoms with van der Waals surface area (Å²) in [5, 5.41) is 3.47. The number of alkyl carbamates (subject to hydrolysis) is 1. The van der Waals surface area contributed by atoms with Gasteiger partial charge in [0.2, 0.25) is 5.43 Å². The molecule has 1 amide bonds. The average Bonchev–Trinajstić information content (AvgIpc) is 2.67. The van der Waals surface area contributed by atoms with E-state index in [-0.39, 0.29) is 29.7 Å². The molecule has 1 aromatic heterocycles. The molecule has 1 saturated carbocycles. The number of rotatable bonds is 4. The average molecular weight is 540 g/mol. The molecular formula is C23H29IN2O5. The maximum absolute atomic E-state index is 12.9. The summed E-state index contributed by atoms with van der Waals surface area (Å²) in [5.41, 5.74) is 0.0379. The summed E-state index contributed by atoms with van der Waals surface area (Å²) in [7, 11) is 0. The molecule has 0 radical (unpaired) electrons. The summed E-state index contributed by atoms with van der Waals surface area (Å²) in [6.07, 6.45) is 4.44. The van der Waals surface area contributed by atoms with Crippen LogP contribution in [0.25, 0.3) is 10.9 Å². The minimum atomic E-state index is -0.595. The zero-order valence-electron chi connectivity index (χ0n) is 18.4. The number of hydrogen-bond donors (Lipinski definition) is 1. The van der Waals surface area contributed by atoms with Crippen molar-refractivity contribution in [2.45, 2.75) is 71.1 Å². The van der Waals surface area contributed by atoms with E-state index in [9.17, 15) is 14.4 Å². The fraction of sp³-hybridized carbons (Fsp3) is 0.522. The fourth-order valence-corrected chi connectivity index (χ4v) is 4.43. The third-order valence-corrected chi connectivity index (χ3v) is 5.97. The van der Waals surface area contributed by atoms with Crippen LogP contribution in [0.2, 0.25) is 0 Å². The summed E-state index contributed by atoms with van der Waals surface area (Å²) in [5.74, 6) is -0.595. The highest BCUT2D eigenvalue weighted by atomic mass is 127. The predicted octanol–water partition coefficient (Wildman–Crippen LogP) is 4.79. The highest BCUT2D eigenvalue weighted by Gasteiger charge is 2.27. The number of nitrogens with zero attached hydrogens (tertiary/aromatic N) is 1. The molecule has 2 aromatic rings. The lowest BCUT2D eigenvalue weighted by Gasteiger charge is -2.32. The quantitative estimate of drug-likeness (QED) is 0.445. The van der Waals surface area contributed by atoms with Crippen LogP contribution in [0.5, 0.6) is 0 Å². The van der Waals surface area contributed by atoms with E-state index in [1.807, 2.05) is 37.5 Å². The summed E-state index contributed by atoms with van der Waals surface area (Å²) < 4.78 is 13.5. The van der Waals surface area contributed by atoms with Gasteiger partial charge in [0.25, 0.3) is 0 Å². The largest absolute Gasteiger partial charge is 0.462 e. The monoisotopic (exact) mass is 540 g/mol. The Labute approximate surface area is 195 Å². The third kappa shape index (κ3) is 5.78. The van der Waals surface area contributed by atoms with E-state index in [4.69, 9.17) is 9.47 Å². The molecule has 0 bridgehead atoms. The number of aromatic nitrogens is 1. The van der Waals surface area contributed by atoms with E-state index in [1.54, 1.807) is 19.2 Å². The first-order valence-electron chi connectivity index (χ1n) is 10.6. The molecule has 0 saturated heterocycles. The molecule has 0 aliphatic heterocycles. The number of amides is 1. The van der Waals surface area contributed by atoms with E-state index in [2.05, 4.69) is 27.9 Å². The molecule has 31 heavy (non-hydrogen) atoms. The smallest absolute Gasteiger partial charge is 0.407 e. The SMILES string of the molecule is CCOC(=O)c1cn([C@H]2CC[C@H](NC(=O)OC(C)(C)C)CC2)c2cc(I)ccc2c1=O. The number of pyridine rings is 1. The van der Waals surface area contributed by atoms with Crippen LogP contribution in [0.3, 0.4) is 0 Å². The van der Waals surface area contributed by atoms with Crippen LogP contribution < -0.4 is 10.7 Å². The van der Waals surface area contributed by atoms with Gasteiger partial charge in [-0.3, -0.25) is 4.79 Å². The van der Waals surface area contributed by atoms with Crippen molar-refractivity contribution in [1.82, 2.24) is 9.88 Å². The first-order chi connectivity index (χ1) is 14.6. The van der Waals surface area contributed by atoms with Crippen LogP contribution in [0.1, 0.15) is 69.8 Å². The van der Waals surface area contributed by atoms with Gasteiger partial charge in [-0.2, -0.15) is 0 Å². The molecule has 8 heteroatoms. The summed E-state index contributed by atoms with van der Waals surface area (Å²) in [6, 6.07) is 5.77. The van der Waals surface area contributed by atoms with E-state index >= 15 is 0 Å². The number of hydrogen-bond acceptors (Lipinski definition) is 5. The molecule has 7 nitrogen and oxygen atoms in total. The van der Waals surface area contributed by atoms with Crippen molar-refractivity contribution >= 4 is 45.6 Å². The van der Waals surface area contributed by atoms with Gasteiger partial charge in [-0.05, 0) is 94.2 Å². The standard InChI is InChI=1S/C23H29IN2O5/c1-5-30-21(28)18-13-26(19-12-14(24)6-11-17(19)20(18)27)16-9-7-15(8-10-16)25-22(29)31-23(2,3)4/h6,11-13,15-16H,5,7-10H2,1-4H3,(H,25,29)/t15-,16-. The Bertz CT molecular complexity index is 1030. The van der Waals surface area contributed by atoms with E-state index < -0.39 is 17.7 Å². The van der Waals surface area contributed by atoms with Gasteiger partial charge in [-0.15, -0.1) is 0 Å². The Balaban J connectivity index is 1.85. The number of halogens is 1. The fourth-order valence-electron chi connectivity index (χ4n) is 3.95. The maximum atomic E-state index is 12.9. The molecule has 1 fully saturated rings. The lowest BCUT2D eigenvalue weighted by Crippen LogP contribution is -2.41. The van der Waals surface area contributed by atoms with Crippen molar-refractivity contribution < 1.29 is 19.1 Å². The molecule has 1 heterocycles. The summed E-state index contributed by atoms with van der Waals surface area (Å²) >= 11 is 2.22. The first kappa shape index (κ1) is 23.6. The molecule has 168 valence electrons. The van der Waals surface area contributed by atoms with Crippen LogP contribution in [-0.2, 0) is 9.47 Å². The number of nitrogens with one attached hydrogen (secondary N) is 1. The number of benzene rings is 1. The Hall–Kier alpha value is -2.10. The highest BCUT2D eigenvalue weighted by molar-refractivity contribution is 14.1. The maximum Gasteiger partial charge on any atom is 0.407 e. The Morgan fingerprint density at radius 2 is 1.87 bits per heavy atom. The Morgan fingerprint density at radius 3 is 2.48 bits per heavy atom. The molecule has 1 N–H and O–H groups in total. The van der Waals surface area contributed by atoms with Crippen LogP contribution in [0, 0.1) is 3.57 Å². The highest BCUT2D eigenvalue weighted by Crippen LogP contribution is 2.31. The van der Waals surface area contributed by atoms with Gasteiger partial charge in [0.15, 0.2) is 0 Å². The number of carbonyl (C=O) groups excluding carboxylic acids is 2. The zero-order valence-corrected chi connectivity index (χ0v) is 20.5. The summed E-state index contributed by atoms with van der Waals surface area (Å²) in [6.45, 7) is 7.46. The molecular weight excluding hydrogens is 511 g/mol. The molecule has 0 atom stereocenters. The van der Waals surface area contributed by atoms with Crippen molar-refractivity contribution in [3.8, 4) is 0 Å². The molecule has 0 unspecified atom stereocenters. The second-order valence-electron chi connectivity index (χ2n) is 8.81. The van der Waals surface area contributed by atoms with Gasteiger partial charge in [-0.1, -0.05) is 0 Å². The van der Waals surface area contributed by atoms with Gasteiger partial charge in [0.05, 0.1) is 12.1 Å². The van der Waals surface area contributed by atoms with Crippen LogP contribution >= 0.6 is 22.6 Å². The second kappa shape index (κ2) is 9.58. The van der Waals surface area contributed by atoms with Crippen LogP contribution in [0.15, 0.2) is 29.2 Å². The number of fused-ring (bicyclic) bond motifs is 1. The van der Waals surface area contributed by atoms with Gasteiger partial charge in [0.1, 0.15) is 11.2 Å². The van der Waals surface area contributed by atoms with Gasteiger partial charge >= 0.3 is 12.1 Å². The molecule has 0 spiro atoms. The van der Waals surface area contributed by atoms with E-state index in [0.717, 1.165) is 34.8 Å². The van der Waals surface area contributed by atoms with Crippen molar-refractivity contribution in [3.05, 3.63) is 43.8 Å². The van der Waals surface area contributed by atoms with Crippen molar-refractivity contribution in [2.75, 3.05) is 6.61 Å². The third-order valence-electron chi connectivity index (χ3n) is 5.30. The Morgan fingerprint density at radius 1 is 1.19 bits per heavy atom. The van der Waals surface area contributed by atoms with E-state index in [1.165, 1.54) is 0 Å². The second-order valence-corrected chi connectivity index (χ2v) is 10.1. The predicted molar refractivity (Wildman–Crippen MR) is 128 cm³/mol. The lowest BCUT2D eigenvalue weighted by molar-refractivity contribution is 0.0483. The first-order valence-corrected chi connectivity index (χ1v) is 11.7. The molecule has 3 rings (SSSR count). The molecule has 1 aliphatic rings. The zero-order chi connectivity index (χ0) is 22.8. The van der Waals surface area contributed by atoms with Crippen LogP contribution in [0.4, 0.5) is 4.79 Å². The van der Waals surface area contributed by atoms with Gasteiger partial charge < -0.3 is 19.4 Å². The molecule has 1 aromatic carbocycles. The molecule has 1 aliphatic carbocycles. The van der Waals surface area contributed by atoms with Crippen LogP contribution in [-0.4, -0.2) is 34.9 Å². The topological polar surface area (TPSA) is 86.6 Å². The van der Waals surface area contributed by atoms with Crippen molar-refractivity contribution in [1.29, 1.82) is 0 Å².